The first kappa shape index (κ1) is 24.1. The molecule has 0 bridgehead atoms. The number of hydrogen-bond donors (Lipinski definition) is 0. The van der Waals surface area contributed by atoms with E-state index < -0.39 is 94.3 Å². The molecule has 0 spiro atoms. The summed E-state index contributed by atoms with van der Waals surface area (Å²) >= 11 is 5.69. The Kier molecular flexibility index (Phi) is 5.74. The van der Waals surface area contributed by atoms with E-state index in [-0.39, 0.29) is 28.0 Å². The molecule has 2 amide bonds. The van der Waals surface area contributed by atoms with Crippen LogP contribution < -0.4 is 9.80 Å². The van der Waals surface area contributed by atoms with Gasteiger partial charge >= 0.3 is 6.18 Å². The predicted molar refractivity (Wildman–Crippen MR) is 119 cm³/mol. The van der Waals surface area contributed by atoms with Crippen LogP contribution >= 0.6 is 11.6 Å². The second-order valence-electron chi connectivity index (χ2n) is 9.10. The third kappa shape index (κ3) is 4.58. The first-order valence-corrected chi connectivity index (χ1v) is 11.0. The van der Waals surface area contributed by atoms with Crippen molar-refractivity contribution in [1.29, 1.82) is 0 Å². The van der Waals surface area contributed by atoms with Crippen molar-refractivity contribution in [2.45, 2.75) is 56.9 Å². The number of alkyl halides is 5. The van der Waals surface area contributed by atoms with E-state index in [0.29, 0.717) is 6.07 Å². The SMILES string of the molecule is [2H]C([2H])([2H])N(C(=O)[C@@H]1[C@@H]2OC(C)(C)O[C@]2(C)C(=O)N1c1cc(C(F)(F)F)cc(C(F)F)n1)c1cc(Cl)c(F)cc1F. The van der Waals surface area contributed by atoms with Crippen LogP contribution in [0.1, 0.15) is 42.6 Å². The van der Waals surface area contributed by atoms with Crippen LogP contribution in [0.15, 0.2) is 24.3 Å². The molecule has 1 aromatic heterocycles. The minimum atomic E-state index is -5.21. The van der Waals surface area contributed by atoms with Crippen molar-refractivity contribution in [3.8, 4) is 0 Å². The first-order chi connectivity index (χ1) is 18.6. The van der Waals surface area contributed by atoms with Crippen LogP contribution in [0.3, 0.4) is 0 Å². The van der Waals surface area contributed by atoms with Gasteiger partial charge in [-0.3, -0.25) is 14.5 Å². The van der Waals surface area contributed by atoms with Gasteiger partial charge in [-0.1, -0.05) is 11.6 Å². The third-order valence-corrected chi connectivity index (χ3v) is 6.24. The number of pyridine rings is 1. The summed E-state index contributed by atoms with van der Waals surface area (Å²) in [4.78, 5) is 31.2. The van der Waals surface area contributed by atoms with Gasteiger partial charge in [-0.05, 0) is 39.0 Å². The van der Waals surface area contributed by atoms with Crippen LogP contribution in [0, 0.1) is 11.6 Å². The number of carbonyl (C=O) groups excluding carboxylic acids is 2. The Labute approximate surface area is 220 Å². The number of nitrogens with zero attached hydrogens (tertiary/aromatic N) is 3. The number of halogens is 8. The minimum Gasteiger partial charge on any atom is -0.341 e. The summed E-state index contributed by atoms with van der Waals surface area (Å²) in [5.41, 5.74) is -6.33. The average molecular weight is 573 g/mol. The van der Waals surface area contributed by atoms with Crippen LogP contribution in [0.5, 0.6) is 0 Å². The number of rotatable bonds is 4. The Bertz CT molecular complexity index is 1430. The lowest BCUT2D eigenvalue weighted by Gasteiger charge is -2.31. The van der Waals surface area contributed by atoms with E-state index in [0.717, 1.165) is 6.92 Å². The number of carbonyl (C=O) groups is 2. The van der Waals surface area contributed by atoms with Gasteiger partial charge in [0.15, 0.2) is 11.4 Å². The highest BCUT2D eigenvalue weighted by Crippen LogP contribution is 2.48. The number of amides is 2. The van der Waals surface area contributed by atoms with Gasteiger partial charge in [0.1, 0.15) is 35.3 Å². The predicted octanol–water partition coefficient (Wildman–Crippen LogP) is 5.26. The van der Waals surface area contributed by atoms with Gasteiger partial charge < -0.3 is 14.4 Å². The number of fused-ring (bicyclic) bond motifs is 1. The molecule has 3 atom stereocenters. The Morgan fingerprint density at radius 1 is 1.18 bits per heavy atom. The number of anilines is 2. The monoisotopic (exact) mass is 572 g/mol. The zero-order chi connectivity index (χ0) is 31.0. The van der Waals surface area contributed by atoms with E-state index in [1.54, 1.807) is 0 Å². The lowest BCUT2D eigenvalue weighted by atomic mass is 9.97. The van der Waals surface area contributed by atoms with Crippen molar-refractivity contribution in [2.24, 2.45) is 0 Å². The summed E-state index contributed by atoms with van der Waals surface area (Å²) in [5, 5.41) is -0.796. The van der Waals surface area contributed by atoms with Gasteiger partial charge in [0.25, 0.3) is 18.2 Å². The van der Waals surface area contributed by atoms with E-state index in [2.05, 4.69) is 4.98 Å². The summed E-state index contributed by atoms with van der Waals surface area (Å²) in [6.07, 6.45) is -10.5. The molecule has 0 radical (unpaired) electrons. The molecule has 0 unspecified atom stereocenters. The molecule has 3 heterocycles. The normalized spacial score (nSPS) is 26.3. The van der Waals surface area contributed by atoms with Crippen LogP contribution in [-0.4, -0.2) is 47.3 Å². The molecule has 7 nitrogen and oxygen atoms in total. The highest BCUT2D eigenvalue weighted by molar-refractivity contribution is 6.31. The van der Waals surface area contributed by atoms with Crippen LogP contribution in [0.2, 0.25) is 5.02 Å². The molecular weight excluding hydrogens is 551 g/mol. The molecule has 2 aliphatic rings. The minimum absolute atomic E-state index is 0.0365. The largest absolute Gasteiger partial charge is 0.416 e. The van der Waals surface area contributed by atoms with Gasteiger partial charge in [-0.15, -0.1) is 0 Å². The standard InChI is InChI=1S/C23H19ClF7N3O4/c1-21(2)37-17-16(19(35)33(4)14-7-10(24)11(25)8-12(14)26)34(20(36)22(17,3)38-21)15-6-9(23(29,30)31)5-13(32-15)18(27)28/h5-8,16-18H,1-4H3/t16-,17-,22-/m0/s1/i4D3. The Morgan fingerprint density at radius 3 is 2.42 bits per heavy atom. The average Bonchev–Trinajstić information content (AvgIpc) is 3.18. The number of hydrogen-bond acceptors (Lipinski definition) is 5. The maximum atomic E-state index is 14.8. The number of benzene rings is 1. The Balaban J connectivity index is 1.98. The second-order valence-corrected chi connectivity index (χ2v) is 9.50. The zero-order valence-electron chi connectivity index (χ0n) is 22.5. The molecule has 1 aromatic carbocycles. The van der Waals surface area contributed by atoms with Crippen molar-refractivity contribution in [2.75, 3.05) is 16.8 Å². The van der Waals surface area contributed by atoms with Gasteiger partial charge in [0, 0.05) is 17.2 Å². The highest BCUT2D eigenvalue weighted by atomic mass is 35.5. The van der Waals surface area contributed by atoms with E-state index in [9.17, 15) is 40.3 Å². The topological polar surface area (TPSA) is 72.0 Å². The van der Waals surface area contributed by atoms with Crippen molar-refractivity contribution >= 4 is 34.9 Å². The van der Waals surface area contributed by atoms with Crippen LogP contribution in [0.4, 0.5) is 42.2 Å². The lowest BCUT2D eigenvalue weighted by molar-refractivity contribution is -0.173. The smallest absolute Gasteiger partial charge is 0.341 e. The second kappa shape index (κ2) is 9.06. The zero-order valence-corrected chi connectivity index (χ0v) is 20.3. The van der Waals surface area contributed by atoms with E-state index in [1.165, 1.54) is 13.8 Å². The van der Waals surface area contributed by atoms with E-state index in [4.69, 9.17) is 25.2 Å². The van der Waals surface area contributed by atoms with Crippen molar-refractivity contribution < 1.29 is 53.9 Å². The van der Waals surface area contributed by atoms with Gasteiger partial charge in [0.05, 0.1) is 16.3 Å². The molecule has 2 aliphatic heterocycles. The Hall–Kier alpha value is -2.97. The molecule has 15 heteroatoms. The lowest BCUT2D eigenvalue weighted by Crippen LogP contribution is -2.51. The summed E-state index contributed by atoms with van der Waals surface area (Å²) < 4.78 is 132. The number of aromatic nitrogens is 1. The summed E-state index contributed by atoms with van der Waals surface area (Å²) in [6.45, 7) is 0.158. The van der Waals surface area contributed by atoms with Gasteiger partial charge in [0.2, 0.25) is 0 Å². The molecule has 4 rings (SSSR count). The molecule has 0 aliphatic carbocycles. The molecule has 0 saturated carbocycles. The van der Waals surface area contributed by atoms with Crippen LogP contribution in [0.25, 0.3) is 0 Å². The van der Waals surface area contributed by atoms with Crippen molar-refractivity contribution in [1.82, 2.24) is 4.98 Å². The molecule has 2 fully saturated rings. The molecule has 0 N–H and O–H groups in total. The number of ether oxygens (including phenoxy) is 2. The Morgan fingerprint density at radius 2 is 1.84 bits per heavy atom. The molecule has 2 aromatic rings. The first-order valence-electron chi connectivity index (χ1n) is 12.2. The summed E-state index contributed by atoms with van der Waals surface area (Å²) in [7, 11) is 0. The summed E-state index contributed by atoms with van der Waals surface area (Å²) in [6, 6.07) is -1.35. The molecule has 2 saturated heterocycles. The van der Waals surface area contributed by atoms with E-state index >= 15 is 0 Å². The highest BCUT2D eigenvalue weighted by Gasteiger charge is 2.68. The maximum absolute atomic E-state index is 14.8. The fraction of sp³-hybridized carbons (Fsp3) is 0.435. The molecule has 38 heavy (non-hydrogen) atoms. The van der Waals surface area contributed by atoms with Gasteiger partial charge in [-0.25, -0.2) is 22.5 Å². The van der Waals surface area contributed by atoms with E-state index in [1.807, 2.05) is 0 Å². The molecular formula is C23H19ClF7N3O4. The quantitative estimate of drug-likeness (QED) is 0.369. The maximum Gasteiger partial charge on any atom is 0.416 e. The third-order valence-electron chi connectivity index (χ3n) is 5.95. The fourth-order valence-corrected chi connectivity index (χ4v) is 4.56. The number of likely N-dealkylation sites (N-methyl/N-ethyl adjacent to an activating group) is 1. The van der Waals surface area contributed by atoms with Crippen molar-refractivity contribution in [3.05, 3.63) is 52.2 Å². The van der Waals surface area contributed by atoms with Gasteiger partial charge in [-0.2, -0.15) is 13.2 Å². The van der Waals surface area contributed by atoms with Crippen molar-refractivity contribution in [3.63, 3.8) is 0 Å². The molecule has 206 valence electrons. The fourth-order valence-electron chi connectivity index (χ4n) is 4.40. The van der Waals surface area contributed by atoms with Crippen LogP contribution in [-0.2, 0) is 25.2 Å². The summed E-state index contributed by atoms with van der Waals surface area (Å²) in [5.74, 6) is -8.56.